The summed E-state index contributed by atoms with van der Waals surface area (Å²) in [6.45, 7) is 9.29. The first-order chi connectivity index (χ1) is 8.35. The lowest BCUT2D eigenvalue weighted by Gasteiger charge is -2.37. The van der Waals surface area contributed by atoms with Crippen LogP contribution in [-0.4, -0.2) is 11.1 Å². The van der Waals surface area contributed by atoms with E-state index in [1.807, 2.05) is 0 Å². The highest BCUT2D eigenvalue weighted by molar-refractivity contribution is 5.71. The summed E-state index contributed by atoms with van der Waals surface area (Å²) < 4.78 is 0. The van der Waals surface area contributed by atoms with Crippen molar-refractivity contribution in [3.63, 3.8) is 0 Å². The summed E-state index contributed by atoms with van der Waals surface area (Å²) in [5.41, 5.74) is 0.272. The van der Waals surface area contributed by atoms with E-state index in [9.17, 15) is 9.90 Å². The second kappa shape index (κ2) is 4.86. The number of carbonyl (C=O) groups is 1. The molecule has 2 nitrogen and oxygen atoms in total. The van der Waals surface area contributed by atoms with Crippen LogP contribution in [0, 0.1) is 35.0 Å². The molecule has 2 saturated carbocycles. The molecule has 0 amide bonds. The van der Waals surface area contributed by atoms with Gasteiger partial charge in [0.2, 0.25) is 0 Å². The Labute approximate surface area is 111 Å². The highest BCUT2D eigenvalue weighted by Gasteiger charge is 2.52. The van der Waals surface area contributed by atoms with Crippen LogP contribution in [0.15, 0.2) is 0 Å². The second-order valence-corrected chi connectivity index (χ2v) is 7.43. The number of hydrogen-bond donors (Lipinski definition) is 1. The van der Waals surface area contributed by atoms with Gasteiger partial charge in [-0.3, -0.25) is 4.79 Å². The molecule has 18 heavy (non-hydrogen) atoms. The van der Waals surface area contributed by atoms with E-state index >= 15 is 0 Å². The van der Waals surface area contributed by atoms with E-state index in [-0.39, 0.29) is 11.3 Å². The van der Waals surface area contributed by atoms with E-state index in [2.05, 4.69) is 27.7 Å². The van der Waals surface area contributed by atoms with Gasteiger partial charge < -0.3 is 5.11 Å². The van der Waals surface area contributed by atoms with E-state index in [4.69, 9.17) is 0 Å². The standard InChI is InChI=1S/C16H28O2/c1-10(2)12-6-5-11(3)14-13(15(17)18)7-8-16(14,4)9-12/h10-14H,5-9H2,1-4H3,(H,17,18)/t11-,12+,13?,14+,16-/m0/s1. The van der Waals surface area contributed by atoms with Gasteiger partial charge in [-0.05, 0) is 54.8 Å². The third-order valence-corrected chi connectivity index (χ3v) is 5.86. The smallest absolute Gasteiger partial charge is 0.306 e. The monoisotopic (exact) mass is 252 g/mol. The zero-order chi connectivity index (χ0) is 13.5. The zero-order valence-corrected chi connectivity index (χ0v) is 12.3. The molecule has 1 unspecified atom stereocenters. The van der Waals surface area contributed by atoms with Crippen molar-refractivity contribution in [2.24, 2.45) is 35.0 Å². The number of fused-ring (bicyclic) bond motifs is 1. The minimum absolute atomic E-state index is 0.0871. The molecule has 0 aromatic heterocycles. The van der Waals surface area contributed by atoms with Crippen LogP contribution in [0.5, 0.6) is 0 Å². The van der Waals surface area contributed by atoms with Crippen LogP contribution < -0.4 is 0 Å². The molecule has 2 fully saturated rings. The highest BCUT2D eigenvalue weighted by Crippen LogP contribution is 2.57. The molecule has 1 N–H and O–H groups in total. The number of carboxylic acids is 1. The molecule has 5 atom stereocenters. The molecule has 2 aliphatic rings. The largest absolute Gasteiger partial charge is 0.481 e. The fraction of sp³-hybridized carbons (Fsp3) is 0.938. The third-order valence-electron chi connectivity index (χ3n) is 5.86. The SMILES string of the molecule is CC(C)[C@@H]1CC[C@H](C)[C@@H]2C(C(=O)O)CC[C@@]2(C)C1. The molecule has 0 bridgehead atoms. The van der Waals surface area contributed by atoms with Gasteiger partial charge in [0.15, 0.2) is 0 Å². The zero-order valence-electron chi connectivity index (χ0n) is 12.3. The average Bonchev–Trinajstić information content (AvgIpc) is 2.55. The molecule has 0 saturated heterocycles. The molecule has 0 radical (unpaired) electrons. The lowest BCUT2D eigenvalue weighted by atomic mass is 9.68. The van der Waals surface area contributed by atoms with Crippen LogP contribution in [0.3, 0.4) is 0 Å². The van der Waals surface area contributed by atoms with E-state index in [1.54, 1.807) is 0 Å². The molecule has 104 valence electrons. The van der Waals surface area contributed by atoms with Gasteiger partial charge in [-0.1, -0.05) is 34.1 Å². The first-order valence-electron chi connectivity index (χ1n) is 7.58. The summed E-state index contributed by atoms with van der Waals surface area (Å²) in [7, 11) is 0. The predicted molar refractivity (Wildman–Crippen MR) is 73.3 cm³/mol. The number of carboxylic acid groups (broad SMARTS) is 1. The quantitative estimate of drug-likeness (QED) is 0.800. The average molecular weight is 252 g/mol. The van der Waals surface area contributed by atoms with Gasteiger partial charge in [0.25, 0.3) is 0 Å². The van der Waals surface area contributed by atoms with Gasteiger partial charge in [0, 0.05) is 0 Å². The lowest BCUT2D eigenvalue weighted by molar-refractivity contribution is -0.144. The Balaban J connectivity index is 2.26. The van der Waals surface area contributed by atoms with E-state index in [1.165, 1.54) is 19.3 Å². The minimum atomic E-state index is -0.557. The third kappa shape index (κ3) is 2.31. The molecular formula is C16H28O2. The fourth-order valence-electron chi connectivity index (χ4n) is 4.84. The minimum Gasteiger partial charge on any atom is -0.481 e. The highest BCUT2D eigenvalue weighted by atomic mass is 16.4. The molecule has 2 heteroatoms. The number of hydrogen-bond acceptors (Lipinski definition) is 1. The Morgan fingerprint density at radius 2 is 1.94 bits per heavy atom. The summed E-state index contributed by atoms with van der Waals surface area (Å²) in [5, 5.41) is 9.45. The first kappa shape index (κ1) is 13.9. The van der Waals surface area contributed by atoms with Gasteiger partial charge >= 0.3 is 5.97 Å². The molecule has 0 heterocycles. The van der Waals surface area contributed by atoms with Gasteiger partial charge in [-0.2, -0.15) is 0 Å². The summed E-state index contributed by atoms with van der Waals surface area (Å²) >= 11 is 0. The lowest BCUT2D eigenvalue weighted by Crippen LogP contribution is -2.33. The van der Waals surface area contributed by atoms with Crippen molar-refractivity contribution in [3.8, 4) is 0 Å². The van der Waals surface area contributed by atoms with Crippen molar-refractivity contribution < 1.29 is 9.90 Å². The van der Waals surface area contributed by atoms with Gasteiger partial charge in [-0.15, -0.1) is 0 Å². The second-order valence-electron chi connectivity index (χ2n) is 7.43. The van der Waals surface area contributed by atoms with Crippen LogP contribution in [0.2, 0.25) is 0 Å². The fourth-order valence-corrected chi connectivity index (χ4v) is 4.84. The Hall–Kier alpha value is -0.530. The maximum atomic E-state index is 11.5. The van der Waals surface area contributed by atoms with Gasteiger partial charge in [-0.25, -0.2) is 0 Å². The van der Waals surface area contributed by atoms with Crippen molar-refractivity contribution in [3.05, 3.63) is 0 Å². The van der Waals surface area contributed by atoms with Gasteiger partial charge in [0.05, 0.1) is 5.92 Å². The van der Waals surface area contributed by atoms with Crippen LogP contribution in [0.25, 0.3) is 0 Å². The van der Waals surface area contributed by atoms with Crippen LogP contribution in [0.4, 0.5) is 0 Å². The Morgan fingerprint density at radius 1 is 1.28 bits per heavy atom. The predicted octanol–water partition coefficient (Wildman–Crippen LogP) is 4.20. The summed E-state index contributed by atoms with van der Waals surface area (Å²) in [6.07, 6.45) is 5.75. The topological polar surface area (TPSA) is 37.3 Å². The van der Waals surface area contributed by atoms with Crippen molar-refractivity contribution in [2.75, 3.05) is 0 Å². The molecule has 2 rings (SSSR count). The molecule has 0 aliphatic heterocycles. The van der Waals surface area contributed by atoms with Crippen molar-refractivity contribution >= 4 is 5.97 Å². The molecular weight excluding hydrogens is 224 g/mol. The summed E-state index contributed by atoms with van der Waals surface area (Å²) in [5.74, 6) is 1.85. The van der Waals surface area contributed by atoms with Crippen molar-refractivity contribution in [2.45, 2.75) is 59.8 Å². The summed E-state index contributed by atoms with van der Waals surface area (Å²) in [4.78, 5) is 11.5. The van der Waals surface area contributed by atoms with Crippen molar-refractivity contribution in [1.82, 2.24) is 0 Å². The van der Waals surface area contributed by atoms with E-state index in [0.29, 0.717) is 11.8 Å². The normalized spacial score (nSPS) is 44.7. The van der Waals surface area contributed by atoms with Gasteiger partial charge in [0.1, 0.15) is 0 Å². The van der Waals surface area contributed by atoms with E-state index < -0.39 is 5.97 Å². The maximum absolute atomic E-state index is 11.5. The molecule has 0 spiro atoms. The summed E-state index contributed by atoms with van der Waals surface area (Å²) in [6, 6.07) is 0. The van der Waals surface area contributed by atoms with Crippen LogP contribution >= 0.6 is 0 Å². The maximum Gasteiger partial charge on any atom is 0.306 e. The number of aliphatic carboxylic acids is 1. The Bertz CT molecular complexity index is 323. The molecule has 2 aliphatic carbocycles. The molecule has 0 aromatic carbocycles. The Morgan fingerprint density at radius 3 is 2.50 bits per heavy atom. The van der Waals surface area contributed by atoms with Crippen molar-refractivity contribution in [1.29, 1.82) is 0 Å². The van der Waals surface area contributed by atoms with Crippen LogP contribution in [0.1, 0.15) is 59.8 Å². The molecule has 0 aromatic rings. The van der Waals surface area contributed by atoms with E-state index in [0.717, 1.165) is 24.7 Å². The number of rotatable bonds is 2. The Kier molecular flexibility index (Phi) is 3.75. The van der Waals surface area contributed by atoms with Crippen LogP contribution in [-0.2, 0) is 4.79 Å². The first-order valence-corrected chi connectivity index (χ1v) is 7.58.